The molecule has 0 saturated heterocycles. The van der Waals surface area contributed by atoms with Crippen LogP contribution in [0.2, 0.25) is 5.02 Å². The molecule has 0 aliphatic heterocycles. The van der Waals surface area contributed by atoms with Gasteiger partial charge in [-0.05, 0) is 56.5 Å². The number of benzene rings is 2. The first-order valence-corrected chi connectivity index (χ1v) is 11.3. The molecule has 0 unspecified atom stereocenters. The molecule has 31 heavy (non-hydrogen) atoms. The van der Waals surface area contributed by atoms with Crippen molar-refractivity contribution in [1.82, 2.24) is 10.2 Å². The maximum atomic E-state index is 13.0. The first kappa shape index (κ1) is 24.7. The summed E-state index contributed by atoms with van der Waals surface area (Å²) in [6.07, 6.45) is 2.81. The van der Waals surface area contributed by atoms with Crippen LogP contribution >= 0.6 is 11.6 Å². The molecule has 6 heteroatoms. The molecular weight excluding hydrogens is 412 g/mol. The number of amides is 2. The van der Waals surface area contributed by atoms with E-state index >= 15 is 0 Å². The highest BCUT2D eigenvalue weighted by molar-refractivity contribution is 6.30. The van der Waals surface area contributed by atoms with Crippen molar-refractivity contribution in [3.05, 3.63) is 64.7 Å². The Balaban J connectivity index is 1.96. The Hall–Kier alpha value is -2.53. The van der Waals surface area contributed by atoms with Crippen molar-refractivity contribution in [2.45, 2.75) is 59.0 Å². The zero-order valence-corrected chi connectivity index (χ0v) is 19.5. The molecule has 0 aliphatic carbocycles. The van der Waals surface area contributed by atoms with Gasteiger partial charge in [0, 0.05) is 24.5 Å². The number of carbonyl (C=O) groups excluding carboxylic acids is 2. The summed E-state index contributed by atoms with van der Waals surface area (Å²) < 4.78 is 5.69. The normalized spacial score (nSPS) is 11.6. The van der Waals surface area contributed by atoms with Gasteiger partial charge in [0.05, 0.1) is 6.61 Å². The van der Waals surface area contributed by atoms with Crippen LogP contribution in [0, 0.1) is 6.92 Å². The van der Waals surface area contributed by atoms with Crippen molar-refractivity contribution >= 4 is 23.4 Å². The van der Waals surface area contributed by atoms with Crippen molar-refractivity contribution in [3.8, 4) is 5.75 Å². The summed E-state index contributed by atoms with van der Waals surface area (Å²) in [4.78, 5) is 27.3. The Morgan fingerprint density at radius 1 is 1.06 bits per heavy atom. The van der Waals surface area contributed by atoms with Crippen LogP contribution in [-0.4, -0.2) is 35.9 Å². The van der Waals surface area contributed by atoms with Crippen LogP contribution in [0.25, 0.3) is 0 Å². The van der Waals surface area contributed by atoms with E-state index in [0.717, 1.165) is 29.7 Å². The molecule has 0 bridgehead atoms. The summed E-state index contributed by atoms with van der Waals surface area (Å²) in [6, 6.07) is 14.6. The number of carbonyl (C=O) groups is 2. The third-order valence-electron chi connectivity index (χ3n) is 5.09. The minimum Gasteiger partial charge on any atom is -0.494 e. The number of unbranched alkanes of at least 4 members (excludes halogenated alkanes) is 1. The van der Waals surface area contributed by atoms with Gasteiger partial charge in [-0.1, -0.05) is 54.8 Å². The summed E-state index contributed by atoms with van der Waals surface area (Å²) in [5, 5.41) is 3.59. The van der Waals surface area contributed by atoms with E-state index in [4.69, 9.17) is 16.3 Å². The van der Waals surface area contributed by atoms with Crippen molar-refractivity contribution in [2.75, 3.05) is 13.2 Å². The van der Waals surface area contributed by atoms with Crippen LogP contribution < -0.4 is 10.1 Å². The fourth-order valence-electron chi connectivity index (χ4n) is 3.10. The first-order valence-electron chi connectivity index (χ1n) is 10.9. The van der Waals surface area contributed by atoms with E-state index in [9.17, 15) is 9.59 Å². The van der Waals surface area contributed by atoms with Crippen molar-refractivity contribution in [3.63, 3.8) is 0 Å². The van der Waals surface area contributed by atoms with Gasteiger partial charge in [-0.15, -0.1) is 0 Å². The standard InChI is InChI=1S/C25H33ClN2O3/c1-4-5-16-27-25(30)20(3)28(18-21-10-8-19(2)9-11-21)24(29)7-6-17-31-23-14-12-22(26)13-15-23/h8-15,20H,4-7,16-18H2,1-3H3,(H,27,30)/t20-/m1/s1. The second kappa shape index (κ2) is 13.0. The molecule has 168 valence electrons. The second-order valence-electron chi connectivity index (χ2n) is 7.73. The highest BCUT2D eigenvalue weighted by Crippen LogP contribution is 2.17. The summed E-state index contributed by atoms with van der Waals surface area (Å²) in [5.74, 6) is 0.543. The molecule has 0 aromatic heterocycles. The summed E-state index contributed by atoms with van der Waals surface area (Å²) in [7, 11) is 0. The quantitative estimate of drug-likeness (QED) is 0.461. The van der Waals surface area contributed by atoms with Crippen LogP contribution in [-0.2, 0) is 16.1 Å². The monoisotopic (exact) mass is 444 g/mol. The second-order valence-corrected chi connectivity index (χ2v) is 8.17. The minimum atomic E-state index is -0.539. The van der Waals surface area contributed by atoms with Crippen LogP contribution in [0.5, 0.6) is 5.75 Å². The van der Waals surface area contributed by atoms with Gasteiger partial charge in [0.15, 0.2) is 0 Å². The zero-order chi connectivity index (χ0) is 22.6. The molecule has 2 amide bonds. The maximum absolute atomic E-state index is 13.0. The van der Waals surface area contributed by atoms with Crippen LogP contribution in [0.3, 0.4) is 0 Å². The van der Waals surface area contributed by atoms with Crippen molar-refractivity contribution in [2.24, 2.45) is 0 Å². The van der Waals surface area contributed by atoms with Gasteiger partial charge in [0.25, 0.3) is 0 Å². The summed E-state index contributed by atoms with van der Waals surface area (Å²) >= 11 is 5.88. The van der Waals surface area contributed by atoms with Gasteiger partial charge < -0.3 is 15.0 Å². The first-order chi connectivity index (χ1) is 14.9. The smallest absolute Gasteiger partial charge is 0.242 e. The topological polar surface area (TPSA) is 58.6 Å². The Morgan fingerprint density at radius 3 is 2.39 bits per heavy atom. The lowest BCUT2D eigenvalue weighted by molar-refractivity contribution is -0.140. The molecule has 0 fully saturated rings. The molecule has 0 heterocycles. The Kier molecular flexibility index (Phi) is 10.4. The number of rotatable bonds is 12. The lowest BCUT2D eigenvalue weighted by Crippen LogP contribution is -2.47. The van der Waals surface area contributed by atoms with E-state index in [1.54, 1.807) is 36.1 Å². The fourth-order valence-corrected chi connectivity index (χ4v) is 3.22. The predicted octanol–water partition coefficient (Wildman–Crippen LogP) is 5.14. The Bertz CT molecular complexity index is 822. The number of halogens is 1. The van der Waals surface area contributed by atoms with E-state index in [2.05, 4.69) is 12.2 Å². The molecule has 0 aliphatic rings. The number of ether oxygens (including phenoxy) is 1. The molecule has 0 radical (unpaired) electrons. The van der Waals surface area contributed by atoms with Gasteiger partial charge in [-0.25, -0.2) is 0 Å². The molecule has 0 saturated carbocycles. The van der Waals surface area contributed by atoms with E-state index in [-0.39, 0.29) is 11.8 Å². The number of hydrogen-bond acceptors (Lipinski definition) is 3. The molecule has 1 atom stereocenters. The molecular formula is C25H33ClN2O3. The third-order valence-corrected chi connectivity index (χ3v) is 5.34. The fraction of sp³-hybridized carbons (Fsp3) is 0.440. The molecule has 2 rings (SSSR count). The Morgan fingerprint density at radius 2 is 1.74 bits per heavy atom. The number of nitrogens with zero attached hydrogens (tertiary/aromatic N) is 1. The molecule has 1 N–H and O–H groups in total. The Labute approximate surface area is 190 Å². The van der Waals surface area contributed by atoms with Gasteiger partial charge in [-0.3, -0.25) is 9.59 Å². The van der Waals surface area contributed by atoms with Gasteiger partial charge in [0.1, 0.15) is 11.8 Å². The van der Waals surface area contributed by atoms with Gasteiger partial charge in [-0.2, -0.15) is 0 Å². The number of aryl methyl sites for hydroxylation is 1. The molecule has 2 aromatic carbocycles. The highest BCUT2D eigenvalue weighted by atomic mass is 35.5. The van der Waals surface area contributed by atoms with Crippen LogP contribution in [0.4, 0.5) is 0 Å². The number of hydrogen-bond donors (Lipinski definition) is 1. The lowest BCUT2D eigenvalue weighted by atomic mass is 10.1. The predicted molar refractivity (Wildman–Crippen MR) is 125 cm³/mol. The zero-order valence-electron chi connectivity index (χ0n) is 18.7. The van der Waals surface area contributed by atoms with Crippen LogP contribution in [0.1, 0.15) is 50.7 Å². The maximum Gasteiger partial charge on any atom is 0.242 e. The van der Waals surface area contributed by atoms with Crippen molar-refractivity contribution < 1.29 is 14.3 Å². The largest absolute Gasteiger partial charge is 0.494 e. The van der Waals surface area contributed by atoms with Crippen LogP contribution in [0.15, 0.2) is 48.5 Å². The number of nitrogens with one attached hydrogen (secondary N) is 1. The minimum absolute atomic E-state index is 0.0570. The van der Waals surface area contributed by atoms with E-state index in [0.29, 0.717) is 37.6 Å². The van der Waals surface area contributed by atoms with Crippen molar-refractivity contribution in [1.29, 1.82) is 0 Å². The van der Waals surface area contributed by atoms with E-state index < -0.39 is 6.04 Å². The van der Waals surface area contributed by atoms with Gasteiger partial charge in [0.2, 0.25) is 11.8 Å². The average Bonchev–Trinajstić information content (AvgIpc) is 2.77. The molecule has 2 aromatic rings. The van der Waals surface area contributed by atoms with E-state index in [1.807, 2.05) is 31.2 Å². The van der Waals surface area contributed by atoms with E-state index in [1.165, 1.54) is 0 Å². The third kappa shape index (κ3) is 8.62. The summed E-state index contributed by atoms with van der Waals surface area (Å²) in [6.45, 7) is 7.34. The lowest BCUT2D eigenvalue weighted by Gasteiger charge is -2.29. The SMILES string of the molecule is CCCCNC(=O)[C@@H](C)N(Cc1ccc(C)cc1)C(=O)CCCOc1ccc(Cl)cc1. The molecule has 5 nitrogen and oxygen atoms in total. The highest BCUT2D eigenvalue weighted by Gasteiger charge is 2.25. The average molecular weight is 445 g/mol. The molecule has 0 spiro atoms. The summed E-state index contributed by atoms with van der Waals surface area (Å²) in [5.41, 5.74) is 2.16. The van der Waals surface area contributed by atoms with Gasteiger partial charge >= 0.3 is 0 Å².